The molecule has 1 heteroatoms. The molecule has 0 aliphatic carbocycles. The topological polar surface area (TPSA) is 3.24 Å². The molecule has 0 saturated carbocycles. The molecule has 20 heavy (non-hydrogen) atoms. The SMILES string of the molecule is CCCC(C)C(C)CC(CC)CN(CC)C(C)CCC. The Bertz CT molecular complexity index is 214. The zero-order valence-electron chi connectivity index (χ0n) is 15.4. The van der Waals surface area contributed by atoms with Gasteiger partial charge in [-0.25, -0.2) is 0 Å². The van der Waals surface area contributed by atoms with Crippen LogP contribution in [-0.2, 0) is 0 Å². The smallest absolute Gasteiger partial charge is 0.00668 e. The molecule has 0 spiro atoms. The highest BCUT2D eigenvalue weighted by Gasteiger charge is 2.20. The second-order valence-electron chi connectivity index (χ2n) is 6.98. The van der Waals surface area contributed by atoms with Crippen LogP contribution in [0, 0.1) is 17.8 Å². The molecule has 0 heterocycles. The van der Waals surface area contributed by atoms with Gasteiger partial charge in [-0.15, -0.1) is 0 Å². The molecule has 0 amide bonds. The zero-order chi connectivity index (χ0) is 15.5. The molecule has 0 N–H and O–H groups in total. The molecule has 0 radical (unpaired) electrons. The number of nitrogens with zero attached hydrogens (tertiary/aromatic N) is 1. The molecule has 4 unspecified atom stereocenters. The first-order valence-corrected chi connectivity index (χ1v) is 9.23. The van der Waals surface area contributed by atoms with Crippen LogP contribution in [0.15, 0.2) is 0 Å². The van der Waals surface area contributed by atoms with E-state index in [1.807, 2.05) is 0 Å². The van der Waals surface area contributed by atoms with E-state index in [1.165, 1.54) is 51.6 Å². The van der Waals surface area contributed by atoms with Gasteiger partial charge in [0.15, 0.2) is 0 Å². The fourth-order valence-electron chi connectivity index (χ4n) is 3.42. The van der Waals surface area contributed by atoms with Crippen molar-refractivity contribution in [2.45, 2.75) is 93.0 Å². The normalized spacial score (nSPS) is 18.0. The molecule has 0 saturated heterocycles. The van der Waals surface area contributed by atoms with Gasteiger partial charge in [0.2, 0.25) is 0 Å². The Morgan fingerprint density at radius 3 is 1.85 bits per heavy atom. The van der Waals surface area contributed by atoms with E-state index in [-0.39, 0.29) is 0 Å². The van der Waals surface area contributed by atoms with Crippen molar-refractivity contribution < 1.29 is 0 Å². The van der Waals surface area contributed by atoms with Crippen molar-refractivity contribution in [3.63, 3.8) is 0 Å². The summed E-state index contributed by atoms with van der Waals surface area (Å²) < 4.78 is 0. The largest absolute Gasteiger partial charge is 0.301 e. The molecule has 0 aliphatic rings. The molecule has 0 aliphatic heterocycles. The quantitative estimate of drug-likeness (QED) is 0.425. The second-order valence-corrected chi connectivity index (χ2v) is 6.98. The van der Waals surface area contributed by atoms with Gasteiger partial charge >= 0.3 is 0 Å². The summed E-state index contributed by atoms with van der Waals surface area (Å²) in [7, 11) is 0. The molecule has 1 nitrogen and oxygen atoms in total. The number of hydrogen-bond acceptors (Lipinski definition) is 1. The van der Waals surface area contributed by atoms with Crippen molar-refractivity contribution >= 4 is 0 Å². The van der Waals surface area contributed by atoms with Gasteiger partial charge in [0, 0.05) is 12.6 Å². The lowest BCUT2D eigenvalue weighted by molar-refractivity contribution is 0.154. The Balaban J connectivity index is 4.36. The number of hydrogen-bond donors (Lipinski definition) is 0. The highest BCUT2D eigenvalue weighted by atomic mass is 15.1. The molecular formula is C19H41N. The van der Waals surface area contributed by atoms with Crippen molar-refractivity contribution in [3.8, 4) is 0 Å². The molecule has 0 rings (SSSR count). The average Bonchev–Trinajstić information content (AvgIpc) is 2.43. The fourth-order valence-corrected chi connectivity index (χ4v) is 3.42. The maximum atomic E-state index is 2.70. The summed E-state index contributed by atoms with van der Waals surface area (Å²) in [5, 5.41) is 0. The van der Waals surface area contributed by atoms with Crippen LogP contribution >= 0.6 is 0 Å². The first kappa shape index (κ1) is 20.0. The Morgan fingerprint density at radius 1 is 0.800 bits per heavy atom. The van der Waals surface area contributed by atoms with Crippen molar-refractivity contribution in [2.24, 2.45) is 17.8 Å². The van der Waals surface area contributed by atoms with E-state index in [0.29, 0.717) is 0 Å². The van der Waals surface area contributed by atoms with Gasteiger partial charge in [-0.2, -0.15) is 0 Å². The summed E-state index contributed by atoms with van der Waals surface area (Å²) in [6.45, 7) is 19.1. The predicted molar refractivity (Wildman–Crippen MR) is 93.3 cm³/mol. The van der Waals surface area contributed by atoms with Gasteiger partial charge in [0.1, 0.15) is 0 Å². The predicted octanol–water partition coefficient (Wildman–Crippen LogP) is 5.99. The van der Waals surface area contributed by atoms with E-state index in [4.69, 9.17) is 0 Å². The maximum Gasteiger partial charge on any atom is 0.00668 e. The summed E-state index contributed by atoms with van der Waals surface area (Å²) in [5.41, 5.74) is 0. The van der Waals surface area contributed by atoms with Gasteiger partial charge in [0.05, 0.1) is 0 Å². The first-order valence-electron chi connectivity index (χ1n) is 9.23. The van der Waals surface area contributed by atoms with Gasteiger partial charge in [0.25, 0.3) is 0 Å². The molecule has 0 aromatic heterocycles. The minimum atomic E-state index is 0.752. The van der Waals surface area contributed by atoms with E-state index in [2.05, 4.69) is 53.4 Å². The molecular weight excluding hydrogens is 242 g/mol. The minimum Gasteiger partial charge on any atom is -0.301 e. The van der Waals surface area contributed by atoms with Crippen molar-refractivity contribution in [2.75, 3.05) is 13.1 Å². The molecule has 0 aromatic rings. The van der Waals surface area contributed by atoms with Crippen LogP contribution in [0.4, 0.5) is 0 Å². The third-order valence-electron chi connectivity index (χ3n) is 5.23. The van der Waals surface area contributed by atoms with Gasteiger partial charge in [-0.1, -0.05) is 67.2 Å². The maximum absolute atomic E-state index is 2.70. The summed E-state index contributed by atoms with van der Waals surface area (Å²) >= 11 is 0. The van der Waals surface area contributed by atoms with Crippen LogP contribution in [-0.4, -0.2) is 24.0 Å². The van der Waals surface area contributed by atoms with Crippen LogP contribution in [0.25, 0.3) is 0 Å². The molecule has 4 atom stereocenters. The van der Waals surface area contributed by atoms with Crippen LogP contribution in [0.3, 0.4) is 0 Å². The van der Waals surface area contributed by atoms with Gasteiger partial charge in [-0.05, 0) is 44.1 Å². The summed E-state index contributed by atoms with van der Waals surface area (Å²) in [6.07, 6.45) is 8.11. The third-order valence-corrected chi connectivity index (χ3v) is 5.23. The summed E-state index contributed by atoms with van der Waals surface area (Å²) in [5.74, 6) is 2.64. The minimum absolute atomic E-state index is 0.752. The molecule has 0 bridgehead atoms. The lowest BCUT2D eigenvalue weighted by Gasteiger charge is -2.33. The van der Waals surface area contributed by atoms with E-state index in [0.717, 1.165) is 23.8 Å². The van der Waals surface area contributed by atoms with Gasteiger partial charge in [-0.3, -0.25) is 0 Å². The molecule has 122 valence electrons. The van der Waals surface area contributed by atoms with Crippen molar-refractivity contribution in [1.29, 1.82) is 0 Å². The lowest BCUT2D eigenvalue weighted by Crippen LogP contribution is -2.37. The van der Waals surface area contributed by atoms with Gasteiger partial charge < -0.3 is 4.90 Å². The monoisotopic (exact) mass is 283 g/mol. The Morgan fingerprint density at radius 2 is 1.40 bits per heavy atom. The van der Waals surface area contributed by atoms with Crippen molar-refractivity contribution in [1.82, 2.24) is 4.90 Å². The standard InChI is InChI=1S/C19H41N/c1-8-12-16(5)17(6)14-19(10-3)15-20(11-4)18(7)13-9-2/h16-19H,8-15H2,1-7H3. The fraction of sp³-hybridized carbons (Fsp3) is 1.00. The average molecular weight is 284 g/mol. The first-order chi connectivity index (χ1) is 9.49. The van der Waals surface area contributed by atoms with E-state index < -0.39 is 0 Å². The second kappa shape index (κ2) is 11.6. The highest BCUT2D eigenvalue weighted by molar-refractivity contribution is 4.73. The Labute approximate surface area is 129 Å². The highest BCUT2D eigenvalue weighted by Crippen LogP contribution is 2.26. The summed E-state index contributed by atoms with van der Waals surface area (Å²) in [6, 6.07) is 0.752. The van der Waals surface area contributed by atoms with Crippen LogP contribution in [0.1, 0.15) is 87.0 Å². The Hall–Kier alpha value is -0.0400. The summed E-state index contributed by atoms with van der Waals surface area (Å²) in [4.78, 5) is 2.70. The van der Waals surface area contributed by atoms with Crippen LogP contribution in [0.2, 0.25) is 0 Å². The van der Waals surface area contributed by atoms with Crippen molar-refractivity contribution in [3.05, 3.63) is 0 Å². The van der Waals surface area contributed by atoms with E-state index in [1.54, 1.807) is 0 Å². The Kier molecular flexibility index (Phi) is 11.6. The third kappa shape index (κ3) is 7.67. The molecule has 0 fully saturated rings. The van der Waals surface area contributed by atoms with Crippen LogP contribution in [0.5, 0.6) is 0 Å². The van der Waals surface area contributed by atoms with E-state index >= 15 is 0 Å². The molecule has 0 aromatic carbocycles. The zero-order valence-corrected chi connectivity index (χ0v) is 15.4. The number of rotatable bonds is 12. The van der Waals surface area contributed by atoms with Crippen LogP contribution < -0.4 is 0 Å². The lowest BCUT2D eigenvalue weighted by atomic mass is 9.83. The van der Waals surface area contributed by atoms with E-state index in [9.17, 15) is 0 Å².